The maximum Gasteiger partial charge on any atom is 0.234 e. The molecule has 1 saturated heterocycles. The summed E-state index contributed by atoms with van der Waals surface area (Å²) in [7, 11) is 0. The minimum absolute atomic E-state index is 0.146. The molecule has 0 aromatic rings. The van der Waals surface area contributed by atoms with Crippen molar-refractivity contribution >= 4 is 5.91 Å². The van der Waals surface area contributed by atoms with Crippen LogP contribution in [-0.4, -0.2) is 31.2 Å². The number of carbonyl (C=O) groups is 1. The van der Waals surface area contributed by atoms with Crippen LogP contribution in [0.15, 0.2) is 0 Å². The predicted octanol–water partition coefficient (Wildman–Crippen LogP) is 0.799. The molecule has 0 radical (unpaired) electrons. The number of carbonyl (C=O) groups excluding carboxylic acids is 1. The summed E-state index contributed by atoms with van der Waals surface area (Å²) < 4.78 is 5.32. The lowest BCUT2D eigenvalue weighted by atomic mass is 9.90. The van der Waals surface area contributed by atoms with Gasteiger partial charge in [-0.2, -0.15) is 0 Å². The SMILES string of the molecule is NC(=O)C(NC1CCCC1)C1CCOCC1. The molecular weight excluding hydrogens is 204 g/mol. The van der Waals surface area contributed by atoms with E-state index in [4.69, 9.17) is 10.5 Å². The van der Waals surface area contributed by atoms with E-state index in [-0.39, 0.29) is 11.9 Å². The topological polar surface area (TPSA) is 64.4 Å². The van der Waals surface area contributed by atoms with Crippen molar-refractivity contribution in [1.82, 2.24) is 5.32 Å². The van der Waals surface area contributed by atoms with Gasteiger partial charge in [0, 0.05) is 19.3 Å². The van der Waals surface area contributed by atoms with Crippen molar-refractivity contribution in [3.8, 4) is 0 Å². The van der Waals surface area contributed by atoms with Gasteiger partial charge in [-0.25, -0.2) is 0 Å². The molecule has 1 atom stereocenters. The molecule has 0 aromatic carbocycles. The highest BCUT2D eigenvalue weighted by Gasteiger charge is 2.30. The summed E-state index contributed by atoms with van der Waals surface area (Å²) in [6, 6.07) is 0.354. The van der Waals surface area contributed by atoms with Gasteiger partial charge in [0.2, 0.25) is 5.91 Å². The van der Waals surface area contributed by atoms with Crippen LogP contribution in [0.4, 0.5) is 0 Å². The predicted molar refractivity (Wildman–Crippen MR) is 61.9 cm³/mol. The Labute approximate surface area is 96.9 Å². The number of amides is 1. The molecule has 0 spiro atoms. The van der Waals surface area contributed by atoms with Gasteiger partial charge in [0.15, 0.2) is 0 Å². The molecule has 1 aliphatic heterocycles. The lowest BCUT2D eigenvalue weighted by Gasteiger charge is -2.31. The van der Waals surface area contributed by atoms with Gasteiger partial charge in [0.05, 0.1) is 6.04 Å². The Morgan fingerprint density at radius 1 is 1.19 bits per heavy atom. The van der Waals surface area contributed by atoms with Crippen LogP contribution in [0.5, 0.6) is 0 Å². The first-order valence-electron chi connectivity index (χ1n) is 6.40. The highest BCUT2D eigenvalue weighted by atomic mass is 16.5. The highest BCUT2D eigenvalue weighted by molar-refractivity contribution is 5.80. The van der Waals surface area contributed by atoms with E-state index in [1.165, 1.54) is 25.7 Å². The fourth-order valence-corrected chi connectivity index (χ4v) is 2.85. The van der Waals surface area contributed by atoms with Gasteiger partial charge in [-0.1, -0.05) is 12.8 Å². The molecule has 0 bridgehead atoms. The zero-order valence-corrected chi connectivity index (χ0v) is 9.78. The molecule has 1 saturated carbocycles. The molecular formula is C12H22N2O2. The third kappa shape index (κ3) is 2.95. The fraction of sp³-hybridized carbons (Fsp3) is 0.917. The quantitative estimate of drug-likeness (QED) is 0.745. The average Bonchev–Trinajstić information content (AvgIpc) is 2.79. The second-order valence-electron chi connectivity index (χ2n) is 4.98. The van der Waals surface area contributed by atoms with Crippen LogP contribution in [-0.2, 0) is 9.53 Å². The van der Waals surface area contributed by atoms with E-state index in [9.17, 15) is 4.79 Å². The molecule has 92 valence electrons. The minimum atomic E-state index is -0.196. The number of rotatable bonds is 4. The van der Waals surface area contributed by atoms with E-state index in [1.807, 2.05) is 0 Å². The normalized spacial score (nSPS) is 25.8. The summed E-state index contributed by atoms with van der Waals surface area (Å²) in [6.45, 7) is 1.53. The molecule has 3 N–H and O–H groups in total. The smallest absolute Gasteiger partial charge is 0.234 e. The Morgan fingerprint density at radius 2 is 1.81 bits per heavy atom. The monoisotopic (exact) mass is 226 g/mol. The lowest BCUT2D eigenvalue weighted by molar-refractivity contribution is -0.122. The van der Waals surface area contributed by atoms with Crippen LogP contribution in [0.25, 0.3) is 0 Å². The van der Waals surface area contributed by atoms with Gasteiger partial charge >= 0.3 is 0 Å². The van der Waals surface area contributed by atoms with Gasteiger partial charge in [-0.3, -0.25) is 4.79 Å². The van der Waals surface area contributed by atoms with Gasteiger partial charge < -0.3 is 15.8 Å². The van der Waals surface area contributed by atoms with Gasteiger partial charge in [-0.15, -0.1) is 0 Å². The number of nitrogens with one attached hydrogen (secondary N) is 1. The lowest BCUT2D eigenvalue weighted by Crippen LogP contribution is -2.51. The number of hydrogen-bond donors (Lipinski definition) is 2. The molecule has 1 unspecified atom stereocenters. The molecule has 4 nitrogen and oxygen atoms in total. The van der Waals surface area contributed by atoms with Gasteiger partial charge in [-0.05, 0) is 31.6 Å². The van der Waals surface area contributed by atoms with E-state index in [1.54, 1.807) is 0 Å². The van der Waals surface area contributed by atoms with E-state index >= 15 is 0 Å². The van der Waals surface area contributed by atoms with Crippen LogP contribution in [0.1, 0.15) is 38.5 Å². The molecule has 1 aliphatic carbocycles. The summed E-state index contributed by atoms with van der Waals surface area (Å²) in [5.41, 5.74) is 5.50. The number of hydrogen-bond acceptors (Lipinski definition) is 3. The first-order chi connectivity index (χ1) is 7.77. The number of nitrogens with two attached hydrogens (primary N) is 1. The van der Waals surface area contributed by atoms with Crippen molar-refractivity contribution in [3.05, 3.63) is 0 Å². The first kappa shape index (κ1) is 11.9. The van der Waals surface area contributed by atoms with Crippen LogP contribution < -0.4 is 11.1 Å². The Morgan fingerprint density at radius 3 is 2.38 bits per heavy atom. The Kier molecular flexibility index (Phi) is 4.18. The average molecular weight is 226 g/mol. The van der Waals surface area contributed by atoms with Crippen LogP contribution in [0.3, 0.4) is 0 Å². The zero-order chi connectivity index (χ0) is 11.4. The summed E-state index contributed by atoms with van der Waals surface area (Å²) in [4.78, 5) is 11.5. The van der Waals surface area contributed by atoms with Gasteiger partial charge in [0.25, 0.3) is 0 Å². The third-order valence-corrected chi connectivity index (χ3v) is 3.81. The van der Waals surface area contributed by atoms with E-state index in [2.05, 4.69) is 5.32 Å². The van der Waals surface area contributed by atoms with Crippen molar-refractivity contribution in [3.63, 3.8) is 0 Å². The molecule has 0 aromatic heterocycles. The summed E-state index contributed by atoms with van der Waals surface area (Å²) in [6.07, 6.45) is 6.83. The Hall–Kier alpha value is -0.610. The highest BCUT2D eigenvalue weighted by Crippen LogP contribution is 2.23. The standard InChI is InChI=1S/C12H22N2O2/c13-12(15)11(9-5-7-16-8-6-9)14-10-3-1-2-4-10/h9-11,14H,1-8H2,(H2,13,15). The van der Waals surface area contributed by atoms with Crippen molar-refractivity contribution in [2.45, 2.75) is 50.6 Å². The van der Waals surface area contributed by atoms with Crippen molar-refractivity contribution in [2.75, 3.05) is 13.2 Å². The maximum atomic E-state index is 11.5. The van der Waals surface area contributed by atoms with Crippen molar-refractivity contribution in [2.24, 2.45) is 11.7 Å². The molecule has 2 fully saturated rings. The second kappa shape index (κ2) is 5.64. The molecule has 16 heavy (non-hydrogen) atoms. The summed E-state index contributed by atoms with van der Waals surface area (Å²) >= 11 is 0. The number of ether oxygens (including phenoxy) is 1. The molecule has 2 rings (SSSR count). The fourth-order valence-electron chi connectivity index (χ4n) is 2.85. The number of primary amides is 1. The molecule has 4 heteroatoms. The van der Waals surface area contributed by atoms with E-state index < -0.39 is 0 Å². The minimum Gasteiger partial charge on any atom is -0.381 e. The molecule has 1 heterocycles. The Bertz CT molecular complexity index is 233. The third-order valence-electron chi connectivity index (χ3n) is 3.81. The second-order valence-corrected chi connectivity index (χ2v) is 4.98. The summed E-state index contributed by atoms with van der Waals surface area (Å²) in [5.74, 6) is 0.172. The van der Waals surface area contributed by atoms with E-state index in [0.717, 1.165) is 26.1 Å². The van der Waals surface area contributed by atoms with Crippen LogP contribution >= 0.6 is 0 Å². The molecule has 2 aliphatic rings. The Balaban J connectivity index is 1.90. The van der Waals surface area contributed by atoms with Crippen molar-refractivity contribution in [1.29, 1.82) is 0 Å². The van der Waals surface area contributed by atoms with E-state index in [0.29, 0.717) is 12.0 Å². The zero-order valence-electron chi connectivity index (χ0n) is 9.78. The largest absolute Gasteiger partial charge is 0.381 e. The van der Waals surface area contributed by atoms with Crippen LogP contribution in [0.2, 0.25) is 0 Å². The van der Waals surface area contributed by atoms with Crippen LogP contribution in [0, 0.1) is 5.92 Å². The maximum absolute atomic E-state index is 11.5. The first-order valence-corrected chi connectivity index (χ1v) is 6.40. The summed E-state index contributed by atoms with van der Waals surface area (Å²) in [5, 5.41) is 3.46. The van der Waals surface area contributed by atoms with Gasteiger partial charge in [0.1, 0.15) is 0 Å². The molecule has 1 amide bonds. The van der Waals surface area contributed by atoms with Crippen molar-refractivity contribution < 1.29 is 9.53 Å².